The molecule has 0 bridgehead atoms. The molecule has 4 N–H and O–H groups in total. The van der Waals surface area contributed by atoms with Crippen LogP contribution in [0.1, 0.15) is 22.2 Å². The maximum Gasteiger partial charge on any atom is 0.256 e. The molecule has 1 saturated heterocycles. The van der Waals surface area contributed by atoms with Gasteiger partial charge in [-0.25, -0.2) is 15.0 Å². The number of carbonyl (C=O) groups is 1. The molecule has 0 saturated carbocycles. The Balaban J connectivity index is 1.48. The van der Waals surface area contributed by atoms with E-state index >= 15 is 0 Å². The second kappa shape index (κ2) is 8.13. The van der Waals surface area contributed by atoms with Crippen LogP contribution in [0.3, 0.4) is 0 Å². The molecule has 31 heavy (non-hydrogen) atoms. The molecule has 0 spiro atoms. The van der Waals surface area contributed by atoms with Crippen LogP contribution in [-0.4, -0.2) is 45.0 Å². The van der Waals surface area contributed by atoms with Crippen LogP contribution in [0.2, 0.25) is 0 Å². The molecule has 3 aromatic heterocycles. The first kappa shape index (κ1) is 19.2. The van der Waals surface area contributed by atoms with E-state index in [1.54, 1.807) is 36.7 Å². The fourth-order valence-electron chi connectivity index (χ4n) is 3.67. The average Bonchev–Trinajstić information content (AvgIpc) is 3.21. The maximum absolute atomic E-state index is 12.5. The molecule has 9 nitrogen and oxygen atoms in total. The van der Waals surface area contributed by atoms with Crippen molar-refractivity contribution in [1.29, 1.82) is 0 Å². The molecule has 1 aliphatic heterocycles. The zero-order chi connectivity index (χ0) is 21.2. The number of imidazole rings is 1. The van der Waals surface area contributed by atoms with E-state index in [1.807, 2.05) is 28.8 Å². The second-order valence-corrected chi connectivity index (χ2v) is 7.18. The quantitative estimate of drug-likeness (QED) is 0.468. The number of nitrogens with two attached hydrogens (primary N) is 1. The van der Waals surface area contributed by atoms with E-state index < -0.39 is 0 Å². The molecule has 0 aliphatic carbocycles. The molecule has 9 heteroatoms. The van der Waals surface area contributed by atoms with Crippen molar-refractivity contribution in [1.82, 2.24) is 24.7 Å². The summed E-state index contributed by atoms with van der Waals surface area (Å²) < 4.78 is 7.56. The summed E-state index contributed by atoms with van der Waals surface area (Å²) >= 11 is 0. The minimum absolute atomic E-state index is 0.0415. The Hall–Kier alpha value is -3.82. The number of morpholine rings is 1. The third kappa shape index (κ3) is 3.72. The number of rotatable bonds is 4. The summed E-state index contributed by atoms with van der Waals surface area (Å²) in [6.07, 6.45) is 5.14. The Morgan fingerprint density at radius 2 is 2.03 bits per heavy atom. The number of aromatic nitrogens is 4. The van der Waals surface area contributed by atoms with E-state index in [2.05, 4.69) is 20.6 Å². The lowest BCUT2D eigenvalue weighted by Crippen LogP contribution is -2.35. The molecule has 0 unspecified atom stereocenters. The van der Waals surface area contributed by atoms with Crippen molar-refractivity contribution in [3.8, 4) is 11.3 Å². The Labute approximate surface area is 178 Å². The van der Waals surface area contributed by atoms with Crippen LogP contribution < -0.4 is 16.4 Å². The number of ether oxygens (including phenoxy) is 1. The molecular formula is C22H21N7O2. The lowest BCUT2D eigenvalue weighted by atomic mass is 10.1. The molecule has 4 aromatic rings. The summed E-state index contributed by atoms with van der Waals surface area (Å²) in [5.74, 6) is 1.48. The van der Waals surface area contributed by atoms with Gasteiger partial charge in [0.15, 0.2) is 0 Å². The first-order chi connectivity index (χ1) is 15.2. The van der Waals surface area contributed by atoms with Crippen molar-refractivity contribution in [2.24, 2.45) is 0 Å². The predicted octanol–water partition coefficient (Wildman–Crippen LogP) is 2.29. The van der Waals surface area contributed by atoms with Crippen LogP contribution in [0.5, 0.6) is 0 Å². The first-order valence-corrected chi connectivity index (χ1v) is 9.97. The minimum Gasteiger partial charge on any atom is -0.382 e. The lowest BCUT2D eigenvalue weighted by Gasteiger charge is -2.22. The number of pyridine rings is 1. The number of anilines is 2. The largest absolute Gasteiger partial charge is 0.382 e. The van der Waals surface area contributed by atoms with Crippen molar-refractivity contribution in [3.63, 3.8) is 0 Å². The fourth-order valence-corrected chi connectivity index (χ4v) is 3.67. The summed E-state index contributed by atoms with van der Waals surface area (Å²) in [6, 6.07) is 12.5. The zero-order valence-corrected chi connectivity index (χ0v) is 16.7. The van der Waals surface area contributed by atoms with Crippen LogP contribution in [0.4, 0.5) is 11.6 Å². The third-order valence-electron chi connectivity index (χ3n) is 5.17. The van der Waals surface area contributed by atoms with Gasteiger partial charge in [0, 0.05) is 36.3 Å². The topological polar surface area (TPSA) is 119 Å². The van der Waals surface area contributed by atoms with Crippen molar-refractivity contribution in [2.75, 3.05) is 30.8 Å². The Morgan fingerprint density at radius 1 is 1.16 bits per heavy atom. The Morgan fingerprint density at radius 3 is 2.77 bits per heavy atom. The zero-order valence-electron chi connectivity index (χ0n) is 16.7. The van der Waals surface area contributed by atoms with Crippen LogP contribution in [-0.2, 0) is 4.74 Å². The van der Waals surface area contributed by atoms with Gasteiger partial charge in [-0.15, -0.1) is 0 Å². The monoisotopic (exact) mass is 415 g/mol. The highest BCUT2D eigenvalue weighted by atomic mass is 16.5. The van der Waals surface area contributed by atoms with E-state index in [4.69, 9.17) is 15.5 Å². The molecule has 0 radical (unpaired) electrons. The second-order valence-electron chi connectivity index (χ2n) is 7.18. The van der Waals surface area contributed by atoms with Crippen molar-refractivity contribution in [3.05, 3.63) is 72.4 Å². The summed E-state index contributed by atoms with van der Waals surface area (Å²) in [5.41, 5.74) is 9.01. The summed E-state index contributed by atoms with van der Waals surface area (Å²) in [4.78, 5) is 25.7. The summed E-state index contributed by atoms with van der Waals surface area (Å²) in [6.45, 7) is 1.97. The van der Waals surface area contributed by atoms with E-state index in [0.29, 0.717) is 36.1 Å². The standard InChI is InChI=1S/C22H21N7O2/c23-20-19-18(28-21(29(19)11-9-26-20)16-13-31-12-10-24-16)14-4-6-15(7-5-14)22(30)27-17-3-1-2-8-25-17/h1-9,11,16,24H,10,12-13H2,(H2,23,26)(H,25,27,30)/t16-/m0/s1. The van der Waals surface area contributed by atoms with Crippen molar-refractivity contribution in [2.45, 2.75) is 6.04 Å². The number of hydrogen-bond acceptors (Lipinski definition) is 7. The third-order valence-corrected chi connectivity index (χ3v) is 5.17. The highest BCUT2D eigenvalue weighted by Gasteiger charge is 2.24. The predicted molar refractivity (Wildman–Crippen MR) is 117 cm³/mol. The van der Waals surface area contributed by atoms with Crippen molar-refractivity contribution >= 4 is 23.1 Å². The van der Waals surface area contributed by atoms with E-state index in [9.17, 15) is 4.79 Å². The van der Waals surface area contributed by atoms with Gasteiger partial charge in [-0.2, -0.15) is 0 Å². The number of benzene rings is 1. The minimum atomic E-state index is -0.231. The van der Waals surface area contributed by atoms with E-state index in [1.165, 1.54) is 0 Å². The number of amides is 1. The summed E-state index contributed by atoms with van der Waals surface area (Å²) in [7, 11) is 0. The molecule has 1 aliphatic rings. The summed E-state index contributed by atoms with van der Waals surface area (Å²) in [5, 5.41) is 6.21. The highest BCUT2D eigenvalue weighted by Crippen LogP contribution is 2.30. The number of fused-ring (bicyclic) bond motifs is 1. The van der Waals surface area contributed by atoms with Gasteiger partial charge in [-0.1, -0.05) is 18.2 Å². The van der Waals surface area contributed by atoms with Crippen LogP contribution in [0, 0.1) is 0 Å². The maximum atomic E-state index is 12.5. The molecule has 1 fully saturated rings. The van der Waals surface area contributed by atoms with Crippen LogP contribution >= 0.6 is 0 Å². The van der Waals surface area contributed by atoms with Gasteiger partial charge in [0.1, 0.15) is 28.7 Å². The molecule has 1 aromatic carbocycles. The molecule has 156 valence electrons. The lowest BCUT2D eigenvalue weighted by molar-refractivity contribution is 0.0741. The van der Waals surface area contributed by atoms with Gasteiger partial charge < -0.3 is 21.1 Å². The average molecular weight is 415 g/mol. The van der Waals surface area contributed by atoms with Gasteiger partial charge in [-0.3, -0.25) is 9.20 Å². The number of carbonyl (C=O) groups excluding carboxylic acids is 1. The van der Waals surface area contributed by atoms with Crippen LogP contribution in [0.25, 0.3) is 16.8 Å². The molecule has 1 amide bonds. The van der Waals surface area contributed by atoms with Gasteiger partial charge >= 0.3 is 0 Å². The number of hydrogen-bond donors (Lipinski definition) is 3. The molecule has 1 atom stereocenters. The van der Waals surface area contributed by atoms with Gasteiger partial charge in [0.25, 0.3) is 5.91 Å². The molecule has 5 rings (SSSR count). The highest BCUT2D eigenvalue weighted by molar-refractivity contribution is 6.04. The van der Waals surface area contributed by atoms with E-state index in [0.717, 1.165) is 23.4 Å². The smallest absolute Gasteiger partial charge is 0.256 e. The van der Waals surface area contributed by atoms with E-state index in [-0.39, 0.29) is 11.9 Å². The normalized spacial score (nSPS) is 16.3. The Kier molecular flexibility index (Phi) is 5.03. The van der Waals surface area contributed by atoms with Gasteiger partial charge in [-0.05, 0) is 24.3 Å². The SMILES string of the molecule is Nc1nccn2c([C@@H]3COCCN3)nc(-c3ccc(C(=O)Nc4ccccn4)cc3)c12. The Bertz CT molecular complexity index is 1220. The number of nitrogens with zero attached hydrogens (tertiary/aromatic N) is 4. The first-order valence-electron chi connectivity index (χ1n) is 9.97. The van der Waals surface area contributed by atoms with Crippen LogP contribution in [0.15, 0.2) is 61.1 Å². The number of nitrogens with one attached hydrogen (secondary N) is 2. The molecular weight excluding hydrogens is 394 g/mol. The van der Waals surface area contributed by atoms with Gasteiger partial charge in [0.05, 0.1) is 19.3 Å². The molecule has 4 heterocycles. The van der Waals surface area contributed by atoms with Crippen molar-refractivity contribution < 1.29 is 9.53 Å². The number of nitrogen functional groups attached to an aromatic ring is 1. The van der Waals surface area contributed by atoms with Gasteiger partial charge in [0.2, 0.25) is 0 Å². The fraction of sp³-hybridized carbons (Fsp3) is 0.182.